The van der Waals surface area contributed by atoms with Crippen LogP contribution in [0.25, 0.3) is 39.3 Å². The van der Waals surface area contributed by atoms with Crippen molar-refractivity contribution in [2.75, 3.05) is 24.6 Å². The van der Waals surface area contributed by atoms with Gasteiger partial charge in [0, 0.05) is 35.0 Å². The lowest BCUT2D eigenvalue weighted by molar-refractivity contribution is -0.160. The monoisotopic (exact) mass is 632 g/mol. The number of ether oxygens (including phenoxy) is 2. The quantitative estimate of drug-likeness (QED) is 0.203. The number of allylic oxidation sites excluding steroid dienone is 1. The van der Waals surface area contributed by atoms with Crippen molar-refractivity contribution in [3.05, 3.63) is 102 Å². The van der Waals surface area contributed by atoms with Crippen molar-refractivity contribution < 1.29 is 23.8 Å². The molecule has 0 saturated heterocycles. The van der Waals surface area contributed by atoms with Gasteiger partial charge < -0.3 is 19.5 Å². The fourth-order valence-corrected chi connectivity index (χ4v) is 6.54. The molecule has 0 radical (unpaired) electrons. The molecule has 3 aromatic carbocycles. The van der Waals surface area contributed by atoms with Crippen LogP contribution in [0.5, 0.6) is 5.75 Å². The first-order chi connectivity index (χ1) is 22.6. The van der Waals surface area contributed by atoms with Crippen molar-refractivity contribution in [1.29, 1.82) is 0 Å². The maximum Gasteiger partial charge on any atom is 0.337 e. The lowest BCUT2D eigenvalue weighted by Crippen LogP contribution is -2.33. The van der Waals surface area contributed by atoms with Gasteiger partial charge in [0.1, 0.15) is 6.61 Å². The Balaban J connectivity index is 1.53. The summed E-state index contributed by atoms with van der Waals surface area (Å²) >= 11 is 0. The fourth-order valence-electron chi connectivity index (χ4n) is 6.54. The fraction of sp³-hybridized carbons (Fsp3) is 0.289. The first-order valence-electron chi connectivity index (χ1n) is 15.9. The molecule has 1 atom stereocenters. The molecule has 2 aliphatic rings. The van der Waals surface area contributed by atoms with Crippen LogP contribution >= 0.6 is 0 Å². The van der Waals surface area contributed by atoms with Gasteiger partial charge in [0.25, 0.3) is 0 Å². The standard InChI is InChI=1S/C38H37FN4O4/c1-23-33(36(37(44)45)47-38(2,3)4)34-27-20-29(39)35-31(21-27)42(17-18-46-35)16-9-5-6-11-24-12-7-8-15-28(24)25-13-10-14-26(19-25)30-22-32(40-23)43(34)41-30/h5,7-10,12-15,19-22,36H,6,11,16-18H2,1-4H3,(H,44,45)/b9-5-/t36-/m0/s1. The van der Waals surface area contributed by atoms with Gasteiger partial charge in [-0.05, 0) is 75.4 Å². The summed E-state index contributed by atoms with van der Waals surface area (Å²) in [5, 5.41) is 15.5. The van der Waals surface area contributed by atoms with E-state index >= 15 is 4.39 Å². The minimum absolute atomic E-state index is 0.180. The number of aromatic nitrogens is 3. The van der Waals surface area contributed by atoms with Crippen molar-refractivity contribution in [2.45, 2.75) is 52.2 Å². The number of nitrogens with zero attached hydrogens (tertiary/aromatic N) is 4. The second-order valence-electron chi connectivity index (χ2n) is 13.1. The Hall–Kier alpha value is -5.02. The van der Waals surface area contributed by atoms with Crippen LogP contribution in [-0.2, 0) is 16.0 Å². The maximum atomic E-state index is 16.0. The zero-order chi connectivity index (χ0) is 32.9. The number of benzene rings is 3. The molecule has 0 saturated carbocycles. The highest BCUT2D eigenvalue weighted by molar-refractivity contribution is 5.83. The number of hydrogen-bond acceptors (Lipinski definition) is 6. The summed E-state index contributed by atoms with van der Waals surface area (Å²) in [4.78, 5) is 19.8. The number of aliphatic carboxylic acids is 1. The molecule has 2 aromatic heterocycles. The topological polar surface area (TPSA) is 89.2 Å². The van der Waals surface area contributed by atoms with E-state index in [2.05, 4.69) is 53.5 Å². The lowest BCUT2D eigenvalue weighted by atomic mass is 9.95. The maximum absolute atomic E-state index is 16.0. The summed E-state index contributed by atoms with van der Waals surface area (Å²) in [7, 11) is 0. The van der Waals surface area contributed by atoms with Crippen molar-refractivity contribution in [2.24, 2.45) is 0 Å². The zero-order valence-electron chi connectivity index (χ0n) is 27.0. The largest absolute Gasteiger partial charge is 0.486 e. The summed E-state index contributed by atoms with van der Waals surface area (Å²) in [6, 6.07) is 21.8. The van der Waals surface area contributed by atoms with Crippen LogP contribution in [0.3, 0.4) is 0 Å². The Bertz CT molecular complexity index is 2040. The predicted octanol–water partition coefficient (Wildman–Crippen LogP) is 7.82. The molecule has 240 valence electrons. The highest BCUT2D eigenvalue weighted by Gasteiger charge is 2.34. The van der Waals surface area contributed by atoms with Gasteiger partial charge in [-0.1, -0.05) is 54.6 Å². The third-order valence-corrected chi connectivity index (χ3v) is 8.59. The number of halogens is 1. The number of carbonyl (C=O) groups is 1. The van der Waals surface area contributed by atoms with E-state index in [-0.39, 0.29) is 5.75 Å². The summed E-state index contributed by atoms with van der Waals surface area (Å²) in [5.41, 5.74) is 6.96. The molecular weight excluding hydrogens is 595 g/mol. The van der Waals surface area contributed by atoms with Crippen LogP contribution < -0.4 is 9.64 Å². The summed E-state index contributed by atoms with van der Waals surface area (Å²) in [6.07, 6.45) is 4.63. The first kappa shape index (κ1) is 30.6. The Labute approximate surface area is 273 Å². The van der Waals surface area contributed by atoms with Crippen molar-refractivity contribution in [1.82, 2.24) is 14.6 Å². The van der Waals surface area contributed by atoms with Gasteiger partial charge >= 0.3 is 5.97 Å². The SMILES string of the molecule is Cc1nc2cc3nn2c(c1[C@H](OC(C)(C)C)C(=O)O)-c1cc(F)c2c(c1)N(C/C=C\CCc1ccccc1-c1cccc-3c1)CCO2. The van der Waals surface area contributed by atoms with E-state index < -0.39 is 23.5 Å². The summed E-state index contributed by atoms with van der Waals surface area (Å²) in [5.74, 6) is -1.53. The van der Waals surface area contributed by atoms with Crippen LogP contribution in [0, 0.1) is 12.7 Å². The van der Waals surface area contributed by atoms with Crippen LogP contribution in [0.15, 0.2) is 78.9 Å². The molecular formula is C38H37FN4O4. The second kappa shape index (κ2) is 12.0. The molecule has 0 fully saturated rings. The average molecular weight is 633 g/mol. The minimum Gasteiger partial charge on any atom is -0.486 e. The Morgan fingerprint density at radius 3 is 2.64 bits per heavy atom. The van der Waals surface area contributed by atoms with E-state index in [4.69, 9.17) is 19.6 Å². The Morgan fingerprint density at radius 1 is 1.02 bits per heavy atom. The van der Waals surface area contributed by atoms with Crippen molar-refractivity contribution in [3.8, 4) is 39.4 Å². The number of aryl methyl sites for hydroxylation is 2. The molecule has 8 nitrogen and oxygen atoms in total. The molecule has 0 aliphatic carbocycles. The van der Waals surface area contributed by atoms with Crippen LogP contribution in [0.2, 0.25) is 0 Å². The Morgan fingerprint density at radius 2 is 1.83 bits per heavy atom. The number of rotatable bonds is 3. The number of fused-ring (bicyclic) bond motifs is 8. The Kier molecular flexibility index (Phi) is 7.80. The van der Waals surface area contributed by atoms with E-state index in [1.165, 1.54) is 11.6 Å². The third-order valence-electron chi connectivity index (χ3n) is 8.59. The molecule has 1 N–H and O–H groups in total. The van der Waals surface area contributed by atoms with Crippen LogP contribution in [0.1, 0.15) is 50.1 Å². The number of anilines is 1. The number of carboxylic acids is 1. The minimum atomic E-state index is -1.39. The second-order valence-corrected chi connectivity index (χ2v) is 13.1. The molecule has 0 spiro atoms. The molecule has 7 rings (SSSR count). The number of carboxylic acid groups (broad SMARTS) is 1. The molecule has 5 aromatic rings. The predicted molar refractivity (Wildman–Crippen MR) is 180 cm³/mol. The molecule has 47 heavy (non-hydrogen) atoms. The zero-order valence-corrected chi connectivity index (χ0v) is 27.0. The average Bonchev–Trinajstić information content (AvgIpc) is 3.46. The van der Waals surface area contributed by atoms with Crippen molar-refractivity contribution in [3.63, 3.8) is 0 Å². The highest BCUT2D eigenvalue weighted by atomic mass is 19.1. The van der Waals surface area contributed by atoms with Gasteiger partial charge in [-0.15, -0.1) is 0 Å². The number of hydrogen-bond donors (Lipinski definition) is 1. The molecule has 0 unspecified atom stereocenters. The van der Waals surface area contributed by atoms with Crippen LogP contribution in [0.4, 0.5) is 10.1 Å². The molecule has 0 amide bonds. The van der Waals surface area contributed by atoms with E-state index in [9.17, 15) is 9.90 Å². The van der Waals surface area contributed by atoms with Crippen molar-refractivity contribution >= 4 is 17.3 Å². The summed E-state index contributed by atoms with van der Waals surface area (Å²) < 4.78 is 29.6. The highest BCUT2D eigenvalue weighted by Crippen LogP contribution is 2.42. The van der Waals surface area contributed by atoms with Gasteiger partial charge in [0.2, 0.25) is 0 Å². The molecule has 6 bridgehead atoms. The van der Waals surface area contributed by atoms with Gasteiger partial charge in [0.05, 0.1) is 29.2 Å². The van der Waals surface area contributed by atoms with Crippen LogP contribution in [-0.4, -0.2) is 51.0 Å². The van der Waals surface area contributed by atoms with Gasteiger partial charge in [0.15, 0.2) is 23.3 Å². The first-order valence-corrected chi connectivity index (χ1v) is 15.9. The van der Waals surface area contributed by atoms with Gasteiger partial charge in [-0.2, -0.15) is 5.10 Å². The molecule has 9 heteroatoms. The smallest absolute Gasteiger partial charge is 0.337 e. The van der Waals surface area contributed by atoms with Gasteiger partial charge in [-0.25, -0.2) is 18.7 Å². The lowest BCUT2D eigenvalue weighted by Gasteiger charge is -2.31. The molecule has 4 heterocycles. The molecule has 2 aliphatic heterocycles. The van der Waals surface area contributed by atoms with E-state index in [0.29, 0.717) is 59.2 Å². The van der Waals surface area contributed by atoms with E-state index in [0.717, 1.165) is 29.5 Å². The van der Waals surface area contributed by atoms with E-state index in [1.807, 2.05) is 24.3 Å². The van der Waals surface area contributed by atoms with E-state index in [1.54, 1.807) is 32.2 Å². The normalized spacial score (nSPS) is 15.8. The third kappa shape index (κ3) is 5.87. The van der Waals surface area contributed by atoms with Gasteiger partial charge in [-0.3, -0.25) is 0 Å². The summed E-state index contributed by atoms with van der Waals surface area (Å²) in [6.45, 7) is 8.67.